The summed E-state index contributed by atoms with van der Waals surface area (Å²) in [6, 6.07) is 12.1. The molecule has 0 radical (unpaired) electrons. The number of benzene rings is 1. The van der Waals surface area contributed by atoms with Gasteiger partial charge in [-0.1, -0.05) is 30.3 Å². The molecule has 2 aromatic rings. The molecule has 7 nitrogen and oxygen atoms in total. The third kappa shape index (κ3) is 5.01. The van der Waals surface area contributed by atoms with Crippen molar-refractivity contribution in [3.63, 3.8) is 0 Å². The van der Waals surface area contributed by atoms with Crippen molar-refractivity contribution >= 4 is 11.5 Å². The van der Waals surface area contributed by atoms with Crippen LogP contribution in [0.25, 0.3) is 11.3 Å². The highest BCUT2D eigenvalue weighted by atomic mass is 16.6. The van der Waals surface area contributed by atoms with Gasteiger partial charge in [-0.3, -0.25) is 10.1 Å². The Morgan fingerprint density at radius 1 is 1.17 bits per heavy atom. The lowest BCUT2D eigenvalue weighted by Crippen LogP contribution is -2.09. The molecule has 0 atom stereocenters. The second-order valence-corrected chi connectivity index (χ2v) is 4.80. The predicted octanol–water partition coefficient (Wildman–Crippen LogP) is 2.47. The molecule has 0 aliphatic rings. The van der Waals surface area contributed by atoms with E-state index >= 15 is 0 Å². The first kappa shape index (κ1) is 16.9. The van der Waals surface area contributed by atoms with E-state index in [1.165, 1.54) is 6.07 Å². The maximum atomic E-state index is 11.2. The first-order chi connectivity index (χ1) is 11.2. The molecule has 23 heavy (non-hydrogen) atoms. The quantitative estimate of drug-likeness (QED) is 0.419. The van der Waals surface area contributed by atoms with Gasteiger partial charge in [-0.25, -0.2) is 4.98 Å². The molecule has 0 spiro atoms. The Balaban J connectivity index is 2.06. The summed E-state index contributed by atoms with van der Waals surface area (Å²) in [5, 5.41) is 22.9. The van der Waals surface area contributed by atoms with E-state index in [-0.39, 0.29) is 12.3 Å². The van der Waals surface area contributed by atoms with Gasteiger partial charge in [0.15, 0.2) is 5.69 Å². The van der Waals surface area contributed by atoms with Crippen LogP contribution in [0.5, 0.6) is 0 Å². The van der Waals surface area contributed by atoms with Crippen molar-refractivity contribution < 1.29 is 14.8 Å². The first-order valence-electron chi connectivity index (χ1n) is 7.35. The van der Waals surface area contributed by atoms with Gasteiger partial charge in [0.05, 0.1) is 18.1 Å². The van der Waals surface area contributed by atoms with Crippen LogP contribution in [0.1, 0.15) is 6.42 Å². The molecule has 0 saturated heterocycles. The number of aromatic nitrogens is 1. The maximum absolute atomic E-state index is 11.2. The molecule has 0 fully saturated rings. The lowest BCUT2D eigenvalue weighted by molar-refractivity contribution is -0.384. The highest BCUT2D eigenvalue weighted by Crippen LogP contribution is 2.29. The highest BCUT2D eigenvalue weighted by molar-refractivity contribution is 5.71. The van der Waals surface area contributed by atoms with Crippen LogP contribution in [0.4, 0.5) is 11.5 Å². The molecule has 1 aromatic heterocycles. The smallest absolute Gasteiger partial charge is 0.295 e. The number of nitrogens with zero attached hydrogens (tertiary/aromatic N) is 2. The third-order valence-electron chi connectivity index (χ3n) is 3.13. The van der Waals surface area contributed by atoms with Gasteiger partial charge in [0.25, 0.3) is 5.69 Å². The Morgan fingerprint density at radius 3 is 2.65 bits per heavy atom. The lowest BCUT2D eigenvalue weighted by Gasteiger charge is -2.08. The zero-order valence-electron chi connectivity index (χ0n) is 12.6. The Labute approximate surface area is 134 Å². The maximum Gasteiger partial charge on any atom is 0.295 e. The van der Waals surface area contributed by atoms with Crippen LogP contribution in [0.2, 0.25) is 0 Å². The van der Waals surface area contributed by atoms with Crippen molar-refractivity contribution in [1.29, 1.82) is 0 Å². The van der Waals surface area contributed by atoms with E-state index in [9.17, 15) is 10.1 Å². The molecule has 0 aliphatic heterocycles. The van der Waals surface area contributed by atoms with E-state index in [1.54, 1.807) is 18.2 Å². The van der Waals surface area contributed by atoms with Crippen molar-refractivity contribution in [2.75, 3.05) is 31.7 Å². The van der Waals surface area contributed by atoms with Crippen LogP contribution in [-0.2, 0) is 4.74 Å². The Kier molecular flexibility index (Phi) is 6.46. The molecule has 2 rings (SSSR count). The van der Waals surface area contributed by atoms with Crippen LogP contribution in [0.15, 0.2) is 42.5 Å². The van der Waals surface area contributed by atoms with Gasteiger partial charge >= 0.3 is 0 Å². The fourth-order valence-electron chi connectivity index (χ4n) is 2.06. The van der Waals surface area contributed by atoms with Crippen LogP contribution in [-0.4, -0.2) is 41.4 Å². The summed E-state index contributed by atoms with van der Waals surface area (Å²) >= 11 is 0. The minimum atomic E-state index is -0.429. The van der Waals surface area contributed by atoms with E-state index < -0.39 is 4.92 Å². The Hall–Kier alpha value is -2.51. The van der Waals surface area contributed by atoms with Gasteiger partial charge in [0, 0.05) is 24.8 Å². The fourth-order valence-corrected chi connectivity index (χ4v) is 2.06. The normalized spacial score (nSPS) is 10.5. The van der Waals surface area contributed by atoms with E-state index in [4.69, 9.17) is 9.84 Å². The van der Waals surface area contributed by atoms with Gasteiger partial charge in [-0.15, -0.1) is 0 Å². The average molecular weight is 317 g/mol. The molecule has 1 heterocycles. The minimum absolute atomic E-state index is 0.0117. The van der Waals surface area contributed by atoms with Crippen molar-refractivity contribution in [3.8, 4) is 11.3 Å². The predicted molar refractivity (Wildman–Crippen MR) is 87.3 cm³/mol. The zero-order chi connectivity index (χ0) is 16.5. The zero-order valence-corrected chi connectivity index (χ0v) is 12.6. The van der Waals surface area contributed by atoms with E-state index in [0.717, 1.165) is 6.42 Å². The standard InChI is InChI=1S/C16H19N3O4/c20-10-12-23-11-4-9-17-15-8-7-14(19(21)22)16(18-15)13-5-2-1-3-6-13/h1-3,5-8,20H,4,9-12H2,(H,17,18). The number of anilines is 1. The van der Waals surface area contributed by atoms with Gasteiger partial charge in [0.2, 0.25) is 0 Å². The number of aliphatic hydroxyl groups excluding tert-OH is 1. The number of hydrogen-bond acceptors (Lipinski definition) is 6. The van der Waals surface area contributed by atoms with Gasteiger partial charge in [-0.05, 0) is 12.5 Å². The molecule has 7 heteroatoms. The number of hydrogen-bond donors (Lipinski definition) is 2. The van der Waals surface area contributed by atoms with Crippen molar-refractivity contribution in [3.05, 3.63) is 52.6 Å². The number of rotatable bonds is 9. The number of aliphatic hydroxyl groups is 1. The fraction of sp³-hybridized carbons (Fsp3) is 0.312. The Bertz CT molecular complexity index is 634. The van der Waals surface area contributed by atoms with Crippen molar-refractivity contribution in [2.24, 2.45) is 0 Å². The second kappa shape index (κ2) is 8.82. The summed E-state index contributed by atoms with van der Waals surface area (Å²) in [6.07, 6.45) is 0.749. The Morgan fingerprint density at radius 2 is 1.96 bits per heavy atom. The minimum Gasteiger partial charge on any atom is -0.394 e. The molecule has 122 valence electrons. The SMILES string of the molecule is O=[N+]([O-])c1ccc(NCCCOCCO)nc1-c1ccccc1. The third-order valence-corrected chi connectivity index (χ3v) is 3.13. The second-order valence-electron chi connectivity index (χ2n) is 4.80. The van der Waals surface area contributed by atoms with Gasteiger partial charge < -0.3 is 15.2 Å². The summed E-state index contributed by atoms with van der Waals surface area (Å²) in [6.45, 7) is 1.50. The topological polar surface area (TPSA) is 97.5 Å². The first-order valence-corrected chi connectivity index (χ1v) is 7.35. The van der Waals surface area contributed by atoms with E-state index in [1.807, 2.05) is 18.2 Å². The lowest BCUT2D eigenvalue weighted by atomic mass is 10.1. The van der Waals surface area contributed by atoms with Crippen LogP contribution in [0, 0.1) is 10.1 Å². The molecule has 0 amide bonds. The number of nitrogens with one attached hydrogen (secondary N) is 1. The molecular weight excluding hydrogens is 298 g/mol. The molecule has 1 aromatic carbocycles. The molecule has 0 unspecified atom stereocenters. The van der Waals surface area contributed by atoms with Crippen LogP contribution < -0.4 is 5.32 Å². The number of ether oxygens (including phenoxy) is 1. The van der Waals surface area contributed by atoms with Gasteiger partial charge in [0.1, 0.15) is 5.82 Å². The summed E-state index contributed by atoms with van der Waals surface area (Å²) in [5.74, 6) is 0.580. The summed E-state index contributed by atoms with van der Waals surface area (Å²) in [7, 11) is 0. The highest BCUT2D eigenvalue weighted by Gasteiger charge is 2.17. The molecule has 0 bridgehead atoms. The molecule has 2 N–H and O–H groups in total. The molecule has 0 saturated carbocycles. The van der Waals surface area contributed by atoms with Crippen molar-refractivity contribution in [2.45, 2.75) is 6.42 Å². The van der Waals surface area contributed by atoms with E-state index in [0.29, 0.717) is 36.8 Å². The number of nitro groups is 1. The van der Waals surface area contributed by atoms with E-state index in [2.05, 4.69) is 10.3 Å². The summed E-state index contributed by atoms with van der Waals surface area (Å²) in [5.41, 5.74) is 1.03. The largest absolute Gasteiger partial charge is 0.394 e. The summed E-state index contributed by atoms with van der Waals surface area (Å²) in [4.78, 5) is 15.1. The average Bonchev–Trinajstić information content (AvgIpc) is 2.58. The number of pyridine rings is 1. The van der Waals surface area contributed by atoms with Crippen molar-refractivity contribution in [1.82, 2.24) is 4.98 Å². The monoisotopic (exact) mass is 317 g/mol. The van der Waals surface area contributed by atoms with Gasteiger partial charge in [-0.2, -0.15) is 0 Å². The molecular formula is C16H19N3O4. The molecule has 0 aliphatic carbocycles. The van der Waals surface area contributed by atoms with Crippen LogP contribution >= 0.6 is 0 Å². The summed E-state index contributed by atoms with van der Waals surface area (Å²) < 4.78 is 5.16. The van der Waals surface area contributed by atoms with Crippen LogP contribution in [0.3, 0.4) is 0 Å².